The molecule has 2 atom stereocenters. The third kappa shape index (κ3) is 2.74. The van der Waals surface area contributed by atoms with Crippen molar-refractivity contribution in [2.24, 2.45) is 0 Å². The molecule has 0 aliphatic heterocycles. The van der Waals surface area contributed by atoms with Gasteiger partial charge in [0.25, 0.3) is 0 Å². The molecule has 1 aromatic rings. The number of thiazole rings is 1. The van der Waals surface area contributed by atoms with Crippen LogP contribution in [0.4, 0.5) is 5.13 Å². The van der Waals surface area contributed by atoms with E-state index in [1.165, 1.54) is 24.2 Å². The van der Waals surface area contributed by atoms with Crippen LogP contribution in [0.15, 0.2) is 0 Å². The molecule has 1 saturated carbocycles. The lowest BCUT2D eigenvalue weighted by molar-refractivity contribution is 0.0690. The number of carboxylic acids is 1. The molecule has 4 nitrogen and oxygen atoms in total. The van der Waals surface area contributed by atoms with Crippen molar-refractivity contribution in [1.82, 2.24) is 4.98 Å². The van der Waals surface area contributed by atoms with Gasteiger partial charge in [0.05, 0.1) is 0 Å². The van der Waals surface area contributed by atoms with E-state index in [-0.39, 0.29) is 5.69 Å². The first-order valence-corrected chi connectivity index (χ1v) is 7.72. The van der Waals surface area contributed by atoms with Gasteiger partial charge >= 0.3 is 5.97 Å². The topological polar surface area (TPSA) is 62.2 Å². The zero-order valence-corrected chi connectivity index (χ0v) is 11.5. The van der Waals surface area contributed by atoms with E-state index in [1.807, 2.05) is 11.8 Å². The summed E-state index contributed by atoms with van der Waals surface area (Å²) < 4.78 is 0. The second-order valence-corrected chi connectivity index (χ2v) is 6.46. The third-order valence-corrected chi connectivity index (χ3v) is 5.14. The van der Waals surface area contributed by atoms with Gasteiger partial charge in [0.15, 0.2) is 10.8 Å². The number of thioether (sulfide) groups is 1. The smallest absolute Gasteiger partial charge is 0.355 e. The summed E-state index contributed by atoms with van der Waals surface area (Å²) in [5.41, 5.74) is 0.177. The maximum absolute atomic E-state index is 10.9. The molecule has 94 valence electrons. The average Bonchev–Trinajstić information content (AvgIpc) is 2.85. The summed E-state index contributed by atoms with van der Waals surface area (Å²) in [5, 5.41) is 13.7. The van der Waals surface area contributed by atoms with Crippen molar-refractivity contribution in [1.29, 1.82) is 0 Å². The maximum atomic E-state index is 10.9. The molecule has 0 saturated heterocycles. The minimum Gasteiger partial charge on any atom is -0.476 e. The molecule has 0 amide bonds. The first kappa shape index (κ1) is 12.7. The van der Waals surface area contributed by atoms with Gasteiger partial charge in [-0.15, -0.1) is 11.3 Å². The zero-order valence-electron chi connectivity index (χ0n) is 9.90. The lowest BCUT2D eigenvalue weighted by Gasteiger charge is -2.18. The number of nitrogens with one attached hydrogen (secondary N) is 1. The van der Waals surface area contributed by atoms with Gasteiger partial charge in [0.2, 0.25) is 0 Å². The van der Waals surface area contributed by atoms with Crippen molar-refractivity contribution >= 4 is 34.2 Å². The summed E-state index contributed by atoms with van der Waals surface area (Å²) in [6, 6.07) is 0.428. The molecule has 6 heteroatoms. The molecule has 0 radical (unpaired) electrons. The minimum absolute atomic E-state index is 0.177. The maximum Gasteiger partial charge on any atom is 0.355 e. The number of hydrogen-bond acceptors (Lipinski definition) is 5. The van der Waals surface area contributed by atoms with Crippen molar-refractivity contribution in [3.8, 4) is 0 Å². The SMILES string of the molecule is CSC1CCCC1Nc1nc(C(=O)O)c(C)s1. The van der Waals surface area contributed by atoms with E-state index in [0.717, 1.165) is 16.4 Å². The molecule has 17 heavy (non-hydrogen) atoms. The van der Waals surface area contributed by atoms with E-state index in [0.29, 0.717) is 11.3 Å². The number of carbonyl (C=O) groups is 1. The largest absolute Gasteiger partial charge is 0.476 e. The Hall–Kier alpha value is -0.750. The lowest BCUT2D eigenvalue weighted by Crippen LogP contribution is -2.25. The van der Waals surface area contributed by atoms with Crippen molar-refractivity contribution in [3.63, 3.8) is 0 Å². The molecular formula is C11H16N2O2S2. The van der Waals surface area contributed by atoms with Crippen LogP contribution in [0.3, 0.4) is 0 Å². The monoisotopic (exact) mass is 272 g/mol. The van der Waals surface area contributed by atoms with E-state index in [4.69, 9.17) is 5.11 Å². The fraction of sp³-hybridized carbons (Fsp3) is 0.636. The summed E-state index contributed by atoms with van der Waals surface area (Å²) in [6.45, 7) is 1.80. The fourth-order valence-electron chi connectivity index (χ4n) is 2.19. The van der Waals surface area contributed by atoms with E-state index < -0.39 is 5.97 Å². The minimum atomic E-state index is -0.945. The molecule has 1 fully saturated rings. The molecule has 1 aliphatic carbocycles. The van der Waals surface area contributed by atoms with Crippen molar-refractivity contribution in [2.75, 3.05) is 11.6 Å². The molecule has 0 bridgehead atoms. The van der Waals surface area contributed by atoms with E-state index in [9.17, 15) is 4.79 Å². The van der Waals surface area contributed by atoms with Crippen LogP contribution in [0, 0.1) is 6.92 Å². The van der Waals surface area contributed by atoms with Crippen LogP contribution in [0.25, 0.3) is 0 Å². The van der Waals surface area contributed by atoms with Crippen LogP contribution in [-0.2, 0) is 0 Å². The first-order chi connectivity index (χ1) is 8.11. The van der Waals surface area contributed by atoms with E-state index in [1.54, 1.807) is 6.92 Å². The number of hydrogen-bond donors (Lipinski definition) is 2. The molecule has 2 rings (SSSR count). The number of aryl methyl sites for hydroxylation is 1. The Kier molecular flexibility index (Phi) is 3.93. The summed E-state index contributed by atoms with van der Waals surface area (Å²) in [7, 11) is 0. The first-order valence-electron chi connectivity index (χ1n) is 5.62. The van der Waals surface area contributed by atoms with Crippen LogP contribution in [-0.4, -0.2) is 33.6 Å². The predicted molar refractivity (Wildman–Crippen MR) is 72.4 cm³/mol. The Labute approximate surface area is 109 Å². The van der Waals surface area contributed by atoms with Crippen molar-refractivity contribution < 1.29 is 9.90 Å². The highest BCUT2D eigenvalue weighted by Gasteiger charge is 2.27. The quantitative estimate of drug-likeness (QED) is 0.882. The Morgan fingerprint density at radius 2 is 2.35 bits per heavy atom. The van der Waals surface area contributed by atoms with Gasteiger partial charge in [0, 0.05) is 16.2 Å². The molecule has 2 unspecified atom stereocenters. The zero-order chi connectivity index (χ0) is 12.4. The van der Waals surface area contributed by atoms with Gasteiger partial charge in [-0.3, -0.25) is 0 Å². The number of aromatic nitrogens is 1. The number of anilines is 1. The molecule has 0 aromatic carbocycles. The van der Waals surface area contributed by atoms with Gasteiger partial charge in [-0.25, -0.2) is 9.78 Å². The Morgan fingerprint density at radius 3 is 2.94 bits per heavy atom. The predicted octanol–water partition coefficient (Wildman–Crippen LogP) is 2.85. The lowest BCUT2D eigenvalue weighted by atomic mass is 10.2. The molecule has 1 aromatic heterocycles. The second-order valence-electron chi connectivity index (χ2n) is 4.18. The normalized spacial score (nSPS) is 23.9. The summed E-state index contributed by atoms with van der Waals surface area (Å²) in [5.74, 6) is -0.945. The van der Waals surface area contributed by atoms with Crippen LogP contribution in [0.2, 0.25) is 0 Å². The molecular weight excluding hydrogens is 256 g/mol. The van der Waals surface area contributed by atoms with Crippen molar-refractivity contribution in [3.05, 3.63) is 10.6 Å². The van der Waals surface area contributed by atoms with Gasteiger partial charge in [-0.05, 0) is 26.0 Å². The number of aromatic carboxylic acids is 1. The number of rotatable bonds is 4. The molecule has 1 heterocycles. The Balaban J connectivity index is 2.08. The highest BCUT2D eigenvalue weighted by molar-refractivity contribution is 7.99. The Morgan fingerprint density at radius 1 is 1.59 bits per heavy atom. The van der Waals surface area contributed by atoms with Crippen LogP contribution in [0.5, 0.6) is 0 Å². The third-order valence-electron chi connectivity index (χ3n) is 3.06. The highest BCUT2D eigenvalue weighted by atomic mass is 32.2. The second kappa shape index (κ2) is 5.27. The Bertz CT molecular complexity index is 420. The molecule has 2 N–H and O–H groups in total. The van der Waals surface area contributed by atoms with Gasteiger partial charge < -0.3 is 10.4 Å². The van der Waals surface area contributed by atoms with Crippen LogP contribution in [0.1, 0.15) is 34.6 Å². The van der Waals surface area contributed by atoms with Crippen molar-refractivity contribution in [2.45, 2.75) is 37.5 Å². The van der Waals surface area contributed by atoms with Gasteiger partial charge in [-0.2, -0.15) is 11.8 Å². The van der Waals surface area contributed by atoms with Crippen LogP contribution < -0.4 is 5.32 Å². The fourth-order valence-corrected chi connectivity index (χ4v) is 3.99. The highest BCUT2D eigenvalue weighted by Crippen LogP contribution is 2.32. The summed E-state index contributed by atoms with van der Waals surface area (Å²) in [4.78, 5) is 15.8. The van der Waals surface area contributed by atoms with Crippen LogP contribution >= 0.6 is 23.1 Å². The standard InChI is InChI=1S/C11H16N2O2S2/c1-6-9(10(14)15)13-11(17-6)12-7-4-3-5-8(7)16-2/h7-8H,3-5H2,1-2H3,(H,12,13)(H,14,15). The van der Waals surface area contributed by atoms with E-state index >= 15 is 0 Å². The molecule has 0 spiro atoms. The average molecular weight is 272 g/mol. The summed E-state index contributed by atoms with van der Waals surface area (Å²) in [6.07, 6.45) is 5.74. The van der Waals surface area contributed by atoms with Gasteiger partial charge in [0.1, 0.15) is 0 Å². The molecule has 1 aliphatic rings. The number of nitrogens with zero attached hydrogens (tertiary/aromatic N) is 1. The summed E-state index contributed by atoms with van der Waals surface area (Å²) >= 11 is 3.30. The van der Waals surface area contributed by atoms with Gasteiger partial charge in [-0.1, -0.05) is 6.42 Å². The van der Waals surface area contributed by atoms with E-state index in [2.05, 4.69) is 16.6 Å². The number of carboxylic acid groups (broad SMARTS) is 1.